The number of aromatic amines is 1. The average molecular weight is 488 g/mol. The standard InChI is InChI=1S/C19H20FN2O10P/c1-9-3-10(2)14-11(4-9)7-29-33(28,32-14)30-8-19(20)15(25)13(24)17(31-19)22-5-12(6-23)16(26)21-18(22)27/h3-6,13,15,17,24-25H,7-8H2,1-2H3,(H,21,26,27)/t13-,15+,17-,19-,33?/m1/s1/i8D2. The smallest absolute Gasteiger partial charge is 0.403 e. The van der Waals surface area contributed by atoms with Crippen molar-refractivity contribution in [3.05, 3.63) is 61.4 Å². The van der Waals surface area contributed by atoms with Gasteiger partial charge in [0.05, 0.1) is 14.9 Å². The minimum atomic E-state index is -4.82. The van der Waals surface area contributed by atoms with Crippen molar-refractivity contribution in [2.24, 2.45) is 0 Å². The van der Waals surface area contributed by atoms with Crippen LogP contribution in [0.1, 0.15) is 36.0 Å². The number of nitrogens with one attached hydrogen (secondary N) is 1. The summed E-state index contributed by atoms with van der Waals surface area (Å²) >= 11 is 0. The molecule has 0 spiro atoms. The number of fused-ring (bicyclic) bond motifs is 1. The molecule has 0 amide bonds. The highest BCUT2D eigenvalue weighted by Gasteiger charge is 2.57. The van der Waals surface area contributed by atoms with E-state index in [9.17, 15) is 29.2 Å². The summed E-state index contributed by atoms with van der Waals surface area (Å²) in [6.07, 6.45) is -6.39. The van der Waals surface area contributed by atoms with E-state index in [4.69, 9.17) is 21.0 Å². The Morgan fingerprint density at radius 3 is 2.85 bits per heavy atom. The van der Waals surface area contributed by atoms with E-state index in [1.165, 1.54) is 0 Å². The molecule has 0 saturated carbocycles. The first kappa shape index (κ1) is 20.9. The number of aryl methyl sites for hydroxylation is 2. The molecule has 1 saturated heterocycles. The number of aromatic nitrogens is 2. The number of aldehydes is 1. The van der Waals surface area contributed by atoms with E-state index in [1.807, 2.05) is 0 Å². The number of halogens is 1. The summed E-state index contributed by atoms with van der Waals surface area (Å²) in [5.41, 5.74) is -1.06. The largest absolute Gasteiger partial charge is 0.530 e. The number of phosphoric ester groups is 1. The van der Waals surface area contributed by atoms with Gasteiger partial charge in [0.15, 0.2) is 12.5 Å². The fourth-order valence-corrected chi connectivity index (χ4v) is 4.66. The lowest BCUT2D eigenvalue weighted by Gasteiger charge is -2.29. The molecule has 1 unspecified atom stereocenters. The lowest BCUT2D eigenvalue weighted by Crippen LogP contribution is -2.43. The molecule has 1 aromatic carbocycles. The van der Waals surface area contributed by atoms with Gasteiger partial charge in [-0.3, -0.25) is 28.2 Å². The Bertz CT molecular complexity index is 1360. The van der Waals surface area contributed by atoms with E-state index >= 15 is 4.39 Å². The van der Waals surface area contributed by atoms with Crippen LogP contribution >= 0.6 is 7.82 Å². The van der Waals surface area contributed by atoms with Crippen molar-refractivity contribution in [3.63, 3.8) is 0 Å². The second kappa shape index (κ2) is 8.28. The van der Waals surface area contributed by atoms with Crippen LogP contribution in [0.15, 0.2) is 27.9 Å². The molecule has 2 aliphatic heterocycles. The lowest BCUT2D eigenvalue weighted by molar-refractivity contribution is -0.205. The summed E-state index contributed by atoms with van der Waals surface area (Å²) in [4.78, 5) is 36.5. The summed E-state index contributed by atoms with van der Waals surface area (Å²) in [5, 5.41) is 20.6. The summed E-state index contributed by atoms with van der Waals surface area (Å²) in [7, 11) is -4.82. The molecule has 0 aliphatic carbocycles. The SMILES string of the molecule is [2H]C([2H])(OP1(=O)OCc2cc(C)cc(C)c2O1)[C@@]1(F)O[C@@H](n2cc(C=O)c(=O)[nH]c2=O)[C@H](O)[C@@H]1O. The second-order valence-corrected chi connectivity index (χ2v) is 9.05. The average Bonchev–Trinajstić information content (AvgIpc) is 2.99. The molecular formula is C19H20FN2O10P. The highest BCUT2D eigenvalue weighted by Crippen LogP contribution is 2.56. The molecule has 178 valence electrons. The third-order valence-electron chi connectivity index (χ3n) is 5.06. The Morgan fingerprint density at radius 1 is 1.42 bits per heavy atom. The van der Waals surface area contributed by atoms with E-state index in [2.05, 4.69) is 0 Å². The van der Waals surface area contributed by atoms with Gasteiger partial charge in [-0.05, 0) is 19.4 Å². The second-order valence-electron chi connectivity index (χ2n) is 7.53. The topological polar surface area (TPSA) is 166 Å². The normalized spacial score (nSPS) is 32.5. The Balaban J connectivity index is 1.65. The number of hydrogen-bond donors (Lipinski definition) is 3. The number of rotatable bonds is 5. The van der Waals surface area contributed by atoms with E-state index < -0.39 is 55.5 Å². The molecule has 1 aromatic heterocycles. The molecular weight excluding hydrogens is 466 g/mol. The van der Waals surface area contributed by atoms with Gasteiger partial charge in [0, 0.05) is 11.8 Å². The summed E-state index contributed by atoms with van der Waals surface area (Å²) in [6, 6.07) is 3.37. The van der Waals surface area contributed by atoms with Crippen LogP contribution in [0.25, 0.3) is 0 Å². The number of nitrogens with zero attached hydrogens (tertiary/aromatic N) is 1. The highest BCUT2D eigenvalue weighted by atomic mass is 31.2. The van der Waals surface area contributed by atoms with Crippen LogP contribution < -0.4 is 15.8 Å². The van der Waals surface area contributed by atoms with Crippen molar-refractivity contribution in [1.82, 2.24) is 9.55 Å². The number of carbonyl (C=O) groups is 1. The van der Waals surface area contributed by atoms with Crippen LogP contribution in [-0.2, 0) is 25.0 Å². The van der Waals surface area contributed by atoms with Crippen molar-refractivity contribution >= 4 is 14.1 Å². The third-order valence-corrected chi connectivity index (χ3v) is 6.22. The summed E-state index contributed by atoms with van der Waals surface area (Å²) in [6.45, 7) is -0.656. The molecule has 3 heterocycles. The van der Waals surface area contributed by atoms with Gasteiger partial charge < -0.3 is 19.5 Å². The molecule has 4 rings (SSSR count). The summed E-state index contributed by atoms with van der Waals surface area (Å²) in [5.74, 6) is -3.83. The fourth-order valence-electron chi connectivity index (χ4n) is 3.50. The molecule has 3 N–H and O–H groups in total. The van der Waals surface area contributed by atoms with Crippen LogP contribution in [0, 0.1) is 13.8 Å². The van der Waals surface area contributed by atoms with Gasteiger partial charge in [0.25, 0.3) is 11.4 Å². The Labute approximate surface area is 187 Å². The number of phosphoric acid groups is 1. The molecule has 0 bridgehead atoms. The summed E-state index contributed by atoms with van der Waals surface area (Å²) < 4.78 is 65.2. The highest BCUT2D eigenvalue weighted by molar-refractivity contribution is 7.49. The predicted octanol–water partition coefficient (Wildman–Crippen LogP) is 0.616. The van der Waals surface area contributed by atoms with Crippen molar-refractivity contribution < 1.29 is 45.0 Å². The Kier molecular flexibility index (Phi) is 5.24. The minimum Gasteiger partial charge on any atom is -0.403 e. The monoisotopic (exact) mass is 488 g/mol. The van der Waals surface area contributed by atoms with Crippen LogP contribution in [0.3, 0.4) is 0 Å². The van der Waals surface area contributed by atoms with Gasteiger partial charge in [-0.1, -0.05) is 17.7 Å². The fraction of sp³-hybridized carbons (Fsp3) is 0.421. The number of hydrogen-bond acceptors (Lipinski definition) is 10. The number of alkyl halides is 1. The van der Waals surface area contributed by atoms with E-state index in [0.29, 0.717) is 21.9 Å². The van der Waals surface area contributed by atoms with Crippen molar-refractivity contribution in [1.29, 1.82) is 0 Å². The van der Waals surface area contributed by atoms with Crippen molar-refractivity contribution in [2.45, 2.75) is 44.7 Å². The number of ether oxygens (including phenoxy) is 1. The zero-order valence-corrected chi connectivity index (χ0v) is 18.1. The van der Waals surface area contributed by atoms with Crippen molar-refractivity contribution in [3.8, 4) is 5.75 Å². The van der Waals surface area contributed by atoms with Gasteiger partial charge in [0.2, 0.25) is 0 Å². The maximum Gasteiger partial charge on any atom is 0.530 e. The molecule has 33 heavy (non-hydrogen) atoms. The van der Waals surface area contributed by atoms with Crippen molar-refractivity contribution in [2.75, 3.05) is 6.56 Å². The minimum absolute atomic E-state index is 0.0718. The zero-order chi connectivity index (χ0) is 25.9. The van der Waals surface area contributed by atoms with Gasteiger partial charge in [-0.2, -0.15) is 0 Å². The number of benzene rings is 1. The number of carbonyl (C=O) groups excluding carboxylic acids is 1. The molecule has 1 fully saturated rings. The third kappa shape index (κ3) is 4.19. The van der Waals surface area contributed by atoms with Gasteiger partial charge in [0.1, 0.15) is 24.5 Å². The first-order valence-electron chi connectivity index (χ1n) is 10.5. The zero-order valence-electron chi connectivity index (χ0n) is 19.2. The van der Waals surface area contributed by atoms with Crippen LogP contribution in [0.4, 0.5) is 4.39 Å². The quantitative estimate of drug-likeness (QED) is 0.401. The Morgan fingerprint density at radius 2 is 2.15 bits per heavy atom. The molecule has 0 radical (unpaired) electrons. The lowest BCUT2D eigenvalue weighted by atomic mass is 10.1. The predicted molar refractivity (Wildman–Crippen MR) is 108 cm³/mol. The first-order chi connectivity index (χ1) is 16.2. The number of aliphatic hydroxyl groups is 2. The maximum absolute atomic E-state index is 15.8. The molecule has 2 aliphatic rings. The maximum atomic E-state index is 15.8. The number of aliphatic hydroxyl groups excluding tert-OH is 2. The van der Waals surface area contributed by atoms with Crippen LogP contribution in [-0.4, -0.2) is 50.7 Å². The molecule has 2 aromatic rings. The van der Waals surface area contributed by atoms with E-state index in [1.54, 1.807) is 31.0 Å². The first-order valence-corrected chi connectivity index (χ1v) is 11.0. The van der Waals surface area contributed by atoms with Gasteiger partial charge >= 0.3 is 13.5 Å². The Hall–Kier alpha value is -2.67. The van der Waals surface area contributed by atoms with E-state index in [0.717, 1.165) is 5.56 Å². The van der Waals surface area contributed by atoms with Gasteiger partial charge in [-0.25, -0.2) is 13.8 Å². The van der Waals surface area contributed by atoms with Crippen LogP contribution in [0.5, 0.6) is 5.75 Å². The van der Waals surface area contributed by atoms with Gasteiger partial charge in [-0.15, -0.1) is 0 Å². The molecule has 14 heteroatoms. The molecule has 12 nitrogen and oxygen atoms in total. The van der Waals surface area contributed by atoms with Crippen LogP contribution in [0.2, 0.25) is 0 Å². The number of H-pyrrole nitrogens is 1. The van der Waals surface area contributed by atoms with E-state index in [-0.39, 0.29) is 18.6 Å². The molecule has 5 atom stereocenters.